The van der Waals surface area contributed by atoms with Gasteiger partial charge in [-0.1, -0.05) is 20.3 Å². The third-order valence-corrected chi connectivity index (χ3v) is 8.26. The van der Waals surface area contributed by atoms with Gasteiger partial charge in [0.1, 0.15) is 0 Å². The molecule has 6 atom stereocenters. The van der Waals surface area contributed by atoms with Gasteiger partial charge in [0, 0.05) is 18.9 Å². The smallest absolute Gasteiger partial charge is 0.0522 e. The van der Waals surface area contributed by atoms with Crippen LogP contribution < -0.4 is 0 Å². The van der Waals surface area contributed by atoms with Crippen LogP contribution in [0.3, 0.4) is 0 Å². The first kappa shape index (κ1) is 16.6. The molecule has 1 aromatic rings. The van der Waals surface area contributed by atoms with E-state index >= 15 is 0 Å². The number of nitrogens with one attached hydrogen (secondary N) is 1. The monoisotopic (exact) mass is 332 g/mol. The van der Waals surface area contributed by atoms with Gasteiger partial charge in [-0.25, -0.2) is 0 Å². The highest BCUT2D eigenvalue weighted by Gasteiger charge is 2.55. The van der Waals surface area contributed by atoms with Gasteiger partial charge in [-0.05, 0) is 78.6 Å². The Morgan fingerprint density at radius 1 is 1.17 bits per heavy atom. The Hall–Kier alpha value is -0.870. The van der Waals surface area contributed by atoms with Gasteiger partial charge in [-0.2, -0.15) is 5.10 Å². The molecule has 24 heavy (non-hydrogen) atoms. The van der Waals surface area contributed by atoms with Gasteiger partial charge in [0.05, 0.1) is 6.20 Å². The number of aliphatic hydroxyl groups is 2. The Morgan fingerprint density at radius 3 is 2.75 bits per heavy atom. The summed E-state index contributed by atoms with van der Waals surface area (Å²) in [7, 11) is 0. The average Bonchev–Trinajstić information content (AvgIpc) is 3.17. The van der Waals surface area contributed by atoms with E-state index < -0.39 is 0 Å². The van der Waals surface area contributed by atoms with Crippen molar-refractivity contribution >= 4 is 0 Å². The molecule has 0 aromatic carbocycles. The molecule has 0 radical (unpaired) electrons. The molecule has 4 nitrogen and oxygen atoms in total. The maximum absolute atomic E-state index is 10.3. The largest absolute Gasteiger partial charge is 0.396 e. The molecule has 2 fully saturated rings. The van der Waals surface area contributed by atoms with Crippen LogP contribution in [0, 0.1) is 34.5 Å². The van der Waals surface area contributed by atoms with Crippen LogP contribution in [0.15, 0.2) is 6.20 Å². The van der Waals surface area contributed by atoms with Crippen molar-refractivity contribution in [2.24, 2.45) is 34.5 Å². The first-order chi connectivity index (χ1) is 11.5. The number of nitrogens with zero attached hydrogens (tertiary/aromatic N) is 1. The van der Waals surface area contributed by atoms with Gasteiger partial charge in [-0.3, -0.25) is 5.10 Å². The van der Waals surface area contributed by atoms with Crippen LogP contribution >= 0.6 is 0 Å². The summed E-state index contributed by atoms with van der Waals surface area (Å²) >= 11 is 0. The minimum atomic E-state index is 0.0585. The summed E-state index contributed by atoms with van der Waals surface area (Å²) in [5, 5.41) is 27.8. The molecule has 0 unspecified atom stereocenters. The average molecular weight is 332 g/mol. The topological polar surface area (TPSA) is 69.1 Å². The van der Waals surface area contributed by atoms with Crippen molar-refractivity contribution in [1.82, 2.24) is 10.2 Å². The number of rotatable bonds is 3. The van der Waals surface area contributed by atoms with E-state index in [1.54, 1.807) is 0 Å². The van der Waals surface area contributed by atoms with E-state index in [9.17, 15) is 10.2 Å². The molecule has 3 aliphatic carbocycles. The van der Waals surface area contributed by atoms with Crippen molar-refractivity contribution in [1.29, 1.82) is 0 Å². The summed E-state index contributed by atoms with van der Waals surface area (Å²) in [6, 6.07) is 0. The van der Waals surface area contributed by atoms with Gasteiger partial charge < -0.3 is 10.2 Å². The van der Waals surface area contributed by atoms with Crippen molar-refractivity contribution in [3.8, 4) is 0 Å². The molecule has 134 valence electrons. The number of H-pyrrole nitrogens is 1. The molecule has 0 spiro atoms. The zero-order chi connectivity index (χ0) is 16.9. The molecule has 3 N–H and O–H groups in total. The third kappa shape index (κ3) is 2.29. The second kappa shape index (κ2) is 5.84. The van der Waals surface area contributed by atoms with Gasteiger partial charge >= 0.3 is 0 Å². The van der Waals surface area contributed by atoms with Crippen molar-refractivity contribution < 1.29 is 10.2 Å². The van der Waals surface area contributed by atoms with Crippen LogP contribution in [-0.2, 0) is 12.8 Å². The quantitative estimate of drug-likeness (QED) is 0.797. The lowest BCUT2D eigenvalue weighted by Gasteiger charge is -2.55. The summed E-state index contributed by atoms with van der Waals surface area (Å²) in [5.74, 6) is 1.80. The second-order valence-electron chi connectivity index (χ2n) is 9.28. The summed E-state index contributed by atoms with van der Waals surface area (Å²) in [5.41, 5.74) is 3.01. The highest BCUT2D eigenvalue weighted by molar-refractivity contribution is 5.24. The fourth-order valence-electron chi connectivity index (χ4n) is 6.76. The van der Waals surface area contributed by atoms with Crippen LogP contribution in [0.4, 0.5) is 0 Å². The maximum Gasteiger partial charge on any atom is 0.0522 e. The Labute approximate surface area is 145 Å². The summed E-state index contributed by atoms with van der Waals surface area (Å²) in [6.45, 7) is 5.35. The van der Waals surface area contributed by atoms with Crippen LogP contribution in [0.1, 0.15) is 57.2 Å². The predicted octanol–water partition coefficient (Wildman–Crippen LogP) is 2.95. The second-order valence-corrected chi connectivity index (χ2v) is 9.28. The molecule has 0 bridgehead atoms. The highest BCUT2D eigenvalue weighted by atomic mass is 16.3. The van der Waals surface area contributed by atoms with Crippen molar-refractivity contribution in [2.45, 2.75) is 58.8 Å². The van der Waals surface area contributed by atoms with E-state index in [1.165, 1.54) is 43.4 Å². The van der Waals surface area contributed by atoms with Gasteiger partial charge in [0.2, 0.25) is 0 Å². The first-order valence-corrected chi connectivity index (χ1v) is 9.74. The zero-order valence-electron chi connectivity index (χ0n) is 15.1. The highest BCUT2D eigenvalue weighted by Crippen LogP contribution is 2.61. The van der Waals surface area contributed by atoms with Crippen molar-refractivity contribution in [2.75, 3.05) is 13.2 Å². The minimum Gasteiger partial charge on any atom is -0.396 e. The molecule has 0 saturated heterocycles. The molecule has 4 rings (SSSR count). The van der Waals surface area contributed by atoms with E-state index in [2.05, 4.69) is 24.0 Å². The summed E-state index contributed by atoms with van der Waals surface area (Å²) < 4.78 is 0. The Balaban J connectivity index is 1.68. The molecule has 1 heterocycles. The molecule has 0 aliphatic heterocycles. The number of aromatic amines is 1. The lowest BCUT2D eigenvalue weighted by Crippen LogP contribution is -2.52. The van der Waals surface area contributed by atoms with Gasteiger partial charge in [-0.15, -0.1) is 0 Å². The fourth-order valence-corrected chi connectivity index (χ4v) is 6.76. The van der Waals surface area contributed by atoms with E-state index in [1.807, 2.05) is 6.20 Å². The van der Waals surface area contributed by atoms with Crippen LogP contribution in [-0.4, -0.2) is 33.6 Å². The molecular weight excluding hydrogens is 300 g/mol. The number of fused-ring (bicyclic) bond motifs is 2. The molecule has 4 heteroatoms. The Kier molecular flexibility index (Phi) is 4.04. The van der Waals surface area contributed by atoms with Gasteiger partial charge in [0.25, 0.3) is 0 Å². The van der Waals surface area contributed by atoms with E-state index in [0.29, 0.717) is 29.8 Å². The van der Waals surface area contributed by atoms with Crippen LogP contribution in [0.25, 0.3) is 0 Å². The first-order valence-electron chi connectivity index (χ1n) is 9.74. The maximum atomic E-state index is 10.3. The normalized spacial score (nSPS) is 45.0. The third-order valence-electron chi connectivity index (χ3n) is 8.26. The van der Waals surface area contributed by atoms with Gasteiger partial charge in [0.15, 0.2) is 0 Å². The van der Waals surface area contributed by atoms with Crippen molar-refractivity contribution in [3.63, 3.8) is 0 Å². The molecule has 3 aliphatic rings. The molecular formula is C20H32N2O2. The Bertz CT molecular complexity index is 600. The number of hydrogen-bond acceptors (Lipinski definition) is 3. The zero-order valence-corrected chi connectivity index (χ0v) is 15.1. The molecule has 1 aromatic heterocycles. The lowest BCUT2D eigenvalue weighted by molar-refractivity contribution is -0.0802. The van der Waals surface area contributed by atoms with E-state index in [-0.39, 0.29) is 17.9 Å². The number of aliphatic hydroxyl groups excluding tert-OH is 2. The van der Waals surface area contributed by atoms with Crippen molar-refractivity contribution in [3.05, 3.63) is 17.5 Å². The number of hydrogen-bond donors (Lipinski definition) is 3. The van der Waals surface area contributed by atoms with E-state index in [4.69, 9.17) is 0 Å². The molecule has 2 saturated carbocycles. The van der Waals surface area contributed by atoms with E-state index in [0.717, 1.165) is 12.8 Å². The SMILES string of the molecule is C[C@@]12CCC[C@H]1[C@H](CO)[C@@H]([C@@]1(C)Cc3cn[nH]c3C[C@@H]1CO)CC2. The summed E-state index contributed by atoms with van der Waals surface area (Å²) in [4.78, 5) is 0. The Morgan fingerprint density at radius 2 is 2.00 bits per heavy atom. The lowest BCUT2D eigenvalue weighted by atomic mass is 9.50. The minimum absolute atomic E-state index is 0.0585. The predicted molar refractivity (Wildman–Crippen MR) is 93.4 cm³/mol. The summed E-state index contributed by atoms with van der Waals surface area (Å²) in [6.07, 6.45) is 10.2. The molecule has 0 amide bonds. The standard InChI is InChI=1S/C20H32N2O2/c1-19-6-3-4-16(19)15(12-24)17(5-7-19)20(2)9-13-10-21-22-18(13)8-14(20)11-23/h10,14-17,23-24H,3-9,11-12H2,1-2H3,(H,21,22)/t14-,15+,16+,17+,19+,20+/m1/s1. The van der Waals surface area contributed by atoms with Crippen LogP contribution in [0.2, 0.25) is 0 Å². The van der Waals surface area contributed by atoms with Crippen LogP contribution in [0.5, 0.6) is 0 Å². The number of aromatic nitrogens is 2. The fraction of sp³-hybridized carbons (Fsp3) is 0.850.